The fraction of sp³-hybridized carbons (Fsp3) is 0.375. The maximum atomic E-state index is 12.2. The lowest BCUT2D eigenvalue weighted by Crippen LogP contribution is -2.41. The van der Waals surface area contributed by atoms with Crippen LogP contribution in [0.3, 0.4) is 0 Å². The number of anilines is 1. The molecule has 2 heterocycles. The summed E-state index contributed by atoms with van der Waals surface area (Å²) in [5.41, 5.74) is 0.605. The highest BCUT2D eigenvalue weighted by Gasteiger charge is 2.35. The normalized spacial score (nSPS) is 17.9. The summed E-state index contributed by atoms with van der Waals surface area (Å²) in [6.07, 6.45) is 0.0248. The Labute approximate surface area is 148 Å². The van der Waals surface area contributed by atoms with Gasteiger partial charge in [-0.2, -0.15) is 0 Å². The lowest BCUT2D eigenvalue weighted by atomic mass is 10.1. The molecule has 1 unspecified atom stereocenters. The van der Waals surface area contributed by atoms with Crippen molar-refractivity contribution in [1.82, 2.24) is 10.6 Å². The Morgan fingerprint density at radius 2 is 1.92 bits per heavy atom. The summed E-state index contributed by atoms with van der Waals surface area (Å²) in [5.74, 6) is -1.89. The third-order valence-electron chi connectivity index (χ3n) is 4.02. The number of aliphatic carboxylic acids is 1. The number of carboxylic acid groups (broad SMARTS) is 1. The van der Waals surface area contributed by atoms with E-state index in [-0.39, 0.29) is 32.2 Å². The summed E-state index contributed by atoms with van der Waals surface area (Å²) < 4.78 is 10.5. The Bertz CT molecular complexity index is 764. The average molecular weight is 363 g/mol. The monoisotopic (exact) mass is 363 g/mol. The van der Waals surface area contributed by atoms with Crippen LogP contribution in [-0.2, 0) is 19.2 Å². The summed E-state index contributed by atoms with van der Waals surface area (Å²) in [7, 11) is 0. The largest absolute Gasteiger partial charge is 0.480 e. The number of ether oxygens (including phenoxy) is 2. The number of hydrogen-bond acceptors (Lipinski definition) is 6. The molecule has 0 saturated carbocycles. The molecule has 26 heavy (non-hydrogen) atoms. The van der Waals surface area contributed by atoms with Crippen molar-refractivity contribution in [2.24, 2.45) is 5.92 Å². The predicted octanol–water partition coefficient (Wildman–Crippen LogP) is -0.915. The maximum Gasteiger partial charge on any atom is 0.322 e. The number of benzene rings is 1. The van der Waals surface area contributed by atoms with Gasteiger partial charge in [0.05, 0.1) is 12.5 Å². The molecule has 3 rings (SSSR count). The Balaban J connectivity index is 1.55. The van der Waals surface area contributed by atoms with Crippen LogP contribution in [0.1, 0.15) is 6.42 Å². The van der Waals surface area contributed by atoms with Crippen LogP contribution >= 0.6 is 0 Å². The molecular formula is C16H17N3O7. The van der Waals surface area contributed by atoms with E-state index in [4.69, 9.17) is 14.6 Å². The molecular weight excluding hydrogens is 346 g/mol. The number of carbonyl (C=O) groups is 4. The van der Waals surface area contributed by atoms with Gasteiger partial charge in [0.15, 0.2) is 11.5 Å². The van der Waals surface area contributed by atoms with E-state index in [1.54, 1.807) is 18.2 Å². The Morgan fingerprint density at radius 1 is 1.15 bits per heavy atom. The van der Waals surface area contributed by atoms with Crippen LogP contribution in [0.2, 0.25) is 0 Å². The average Bonchev–Trinajstić information content (AvgIpc) is 3.23. The summed E-state index contributed by atoms with van der Waals surface area (Å²) >= 11 is 0. The second-order valence-corrected chi connectivity index (χ2v) is 5.83. The van der Waals surface area contributed by atoms with Gasteiger partial charge in [-0.3, -0.25) is 19.2 Å². The van der Waals surface area contributed by atoms with E-state index >= 15 is 0 Å². The van der Waals surface area contributed by atoms with Crippen LogP contribution < -0.4 is 25.0 Å². The second kappa shape index (κ2) is 7.30. The van der Waals surface area contributed by atoms with Gasteiger partial charge >= 0.3 is 5.97 Å². The standard InChI is InChI=1S/C16H17N3O7/c20-13(17-6-15(22)23)5-18-16(24)9-3-14(21)19(7-9)10-1-2-11-12(4-10)26-8-25-11/h1-2,4,9H,3,5-8H2,(H,17,20)(H,18,24)(H,22,23). The van der Waals surface area contributed by atoms with Gasteiger partial charge < -0.3 is 30.1 Å². The zero-order chi connectivity index (χ0) is 18.7. The molecule has 0 aromatic heterocycles. The lowest BCUT2D eigenvalue weighted by Gasteiger charge is -2.17. The number of nitrogens with one attached hydrogen (secondary N) is 2. The molecule has 10 nitrogen and oxygen atoms in total. The zero-order valence-corrected chi connectivity index (χ0v) is 13.7. The van der Waals surface area contributed by atoms with Crippen LogP contribution in [0.15, 0.2) is 18.2 Å². The fourth-order valence-electron chi connectivity index (χ4n) is 2.73. The molecule has 1 atom stereocenters. The minimum absolute atomic E-state index is 0.0248. The Morgan fingerprint density at radius 3 is 2.69 bits per heavy atom. The number of rotatable bonds is 6. The molecule has 1 fully saturated rings. The van der Waals surface area contributed by atoms with Crippen molar-refractivity contribution in [2.75, 3.05) is 31.3 Å². The first kappa shape index (κ1) is 17.5. The highest BCUT2D eigenvalue weighted by atomic mass is 16.7. The van der Waals surface area contributed by atoms with Gasteiger partial charge in [-0.1, -0.05) is 0 Å². The number of carbonyl (C=O) groups excluding carboxylic acids is 3. The molecule has 1 aromatic rings. The van der Waals surface area contributed by atoms with Crippen molar-refractivity contribution in [2.45, 2.75) is 6.42 Å². The van der Waals surface area contributed by atoms with Crippen LogP contribution in [0.4, 0.5) is 5.69 Å². The lowest BCUT2D eigenvalue weighted by molar-refractivity contribution is -0.137. The van der Waals surface area contributed by atoms with Gasteiger partial charge in [-0.05, 0) is 12.1 Å². The first-order valence-electron chi connectivity index (χ1n) is 7.90. The highest BCUT2D eigenvalue weighted by molar-refractivity contribution is 6.01. The molecule has 138 valence electrons. The maximum absolute atomic E-state index is 12.2. The first-order chi connectivity index (χ1) is 12.4. The number of hydrogen-bond donors (Lipinski definition) is 3. The second-order valence-electron chi connectivity index (χ2n) is 5.83. The van der Waals surface area contributed by atoms with E-state index in [1.807, 2.05) is 0 Å². The van der Waals surface area contributed by atoms with Crippen molar-refractivity contribution in [3.63, 3.8) is 0 Å². The van der Waals surface area contributed by atoms with E-state index in [0.29, 0.717) is 17.2 Å². The van der Waals surface area contributed by atoms with Crippen LogP contribution in [-0.4, -0.2) is 55.2 Å². The fourth-order valence-corrected chi connectivity index (χ4v) is 2.73. The van der Waals surface area contributed by atoms with Gasteiger partial charge in [0.1, 0.15) is 6.54 Å². The van der Waals surface area contributed by atoms with E-state index in [9.17, 15) is 19.2 Å². The number of nitrogens with zero attached hydrogens (tertiary/aromatic N) is 1. The van der Waals surface area contributed by atoms with Crippen LogP contribution in [0.5, 0.6) is 11.5 Å². The third-order valence-corrected chi connectivity index (χ3v) is 4.02. The van der Waals surface area contributed by atoms with E-state index in [1.165, 1.54) is 4.90 Å². The zero-order valence-electron chi connectivity index (χ0n) is 13.7. The smallest absolute Gasteiger partial charge is 0.322 e. The molecule has 0 radical (unpaired) electrons. The SMILES string of the molecule is O=C(O)CNC(=O)CNC(=O)C1CC(=O)N(c2ccc3c(c2)OCO3)C1. The molecule has 0 bridgehead atoms. The molecule has 0 aliphatic carbocycles. The van der Waals surface area contributed by atoms with Crippen LogP contribution in [0, 0.1) is 5.92 Å². The first-order valence-corrected chi connectivity index (χ1v) is 7.90. The van der Waals surface area contributed by atoms with Gasteiger partial charge in [0.25, 0.3) is 0 Å². The van der Waals surface area contributed by atoms with Crippen LogP contribution in [0.25, 0.3) is 0 Å². The van der Waals surface area contributed by atoms with E-state index in [2.05, 4.69) is 10.6 Å². The summed E-state index contributed by atoms with van der Waals surface area (Å²) in [6.45, 7) is -0.557. The number of fused-ring (bicyclic) bond motifs is 1. The predicted molar refractivity (Wildman–Crippen MR) is 86.7 cm³/mol. The Kier molecular flexibility index (Phi) is 4.92. The third kappa shape index (κ3) is 3.85. The van der Waals surface area contributed by atoms with E-state index < -0.39 is 30.2 Å². The van der Waals surface area contributed by atoms with Gasteiger partial charge in [0.2, 0.25) is 24.5 Å². The highest BCUT2D eigenvalue weighted by Crippen LogP contribution is 2.37. The number of amides is 3. The Hall–Kier alpha value is -3.30. The van der Waals surface area contributed by atoms with Gasteiger partial charge in [-0.15, -0.1) is 0 Å². The number of carboxylic acids is 1. The molecule has 3 amide bonds. The minimum Gasteiger partial charge on any atom is -0.480 e. The van der Waals surface area contributed by atoms with Crippen molar-refractivity contribution in [1.29, 1.82) is 0 Å². The van der Waals surface area contributed by atoms with Gasteiger partial charge in [-0.25, -0.2) is 0 Å². The molecule has 1 aromatic carbocycles. The summed E-state index contributed by atoms with van der Waals surface area (Å²) in [4.78, 5) is 47.7. The van der Waals surface area contributed by atoms with Crippen molar-refractivity contribution >= 4 is 29.4 Å². The summed E-state index contributed by atoms with van der Waals surface area (Å²) in [5, 5.41) is 13.0. The van der Waals surface area contributed by atoms with Crippen molar-refractivity contribution in [3.8, 4) is 11.5 Å². The molecule has 10 heteroatoms. The molecule has 3 N–H and O–H groups in total. The summed E-state index contributed by atoms with van der Waals surface area (Å²) in [6, 6.07) is 5.09. The quantitative estimate of drug-likeness (QED) is 0.595. The topological polar surface area (TPSA) is 134 Å². The molecule has 1 saturated heterocycles. The molecule has 2 aliphatic heterocycles. The van der Waals surface area contributed by atoms with Gasteiger partial charge in [0, 0.05) is 24.7 Å². The molecule has 2 aliphatic rings. The van der Waals surface area contributed by atoms with Crippen molar-refractivity contribution < 1.29 is 33.8 Å². The molecule has 0 spiro atoms. The van der Waals surface area contributed by atoms with Crippen molar-refractivity contribution in [3.05, 3.63) is 18.2 Å². The minimum atomic E-state index is -1.18. The van der Waals surface area contributed by atoms with E-state index in [0.717, 1.165) is 0 Å².